The van der Waals surface area contributed by atoms with Gasteiger partial charge in [0.05, 0.1) is 11.6 Å². The fourth-order valence-corrected chi connectivity index (χ4v) is 2.86. The molecule has 0 amide bonds. The highest BCUT2D eigenvalue weighted by Crippen LogP contribution is 2.33. The summed E-state index contributed by atoms with van der Waals surface area (Å²) in [6, 6.07) is 5.01. The first kappa shape index (κ1) is 13.8. The Hall–Kier alpha value is -0.640. The molecule has 2 rings (SSSR count). The molecule has 0 aliphatic carbocycles. The van der Waals surface area contributed by atoms with Gasteiger partial charge in [-0.3, -0.25) is 0 Å². The van der Waals surface area contributed by atoms with Crippen LogP contribution in [0.15, 0.2) is 18.2 Å². The molecule has 4 heteroatoms. The van der Waals surface area contributed by atoms with E-state index in [1.807, 2.05) is 6.07 Å². The van der Waals surface area contributed by atoms with Crippen LogP contribution in [0.4, 0.5) is 4.39 Å². The van der Waals surface area contributed by atoms with Gasteiger partial charge < -0.3 is 10.1 Å². The van der Waals surface area contributed by atoms with Crippen LogP contribution in [0.25, 0.3) is 0 Å². The van der Waals surface area contributed by atoms with Gasteiger partial charge in [-0.15, -0.1) is 0 Å². The van der Waals surface area contributed by atoms with Crippen molar-refractivity contribution in [1.82, 2.24) is 5.32 Å². The molecule has 1 N–H and O–H groups in total. The lowest BCUT2D eigenvalue weighted by Gasteiger charge is -2.30. The van der Waals surface area contributed by atoms with Gasteiger partial charge in [-0.1, -0.05) is 17.7 Å². The van der Waals surface area contributed by atoms with E-state index in [4.69, 9.17) is 16.3 Å². The molecule has 18 heavy (non-hydrogen) atoms. The summed E-state index contributed by atoms with van der Waals surface area (Å²) in [5.74, 6) is 0.518. The molecule has 1 aliphatic rings. The predicted octanol–water partition coefficient (Wildman–Crippen LogP) is 3.21. The third kappa shape index (κ3) is 3.22. The van der Waals surface area contributed by atoms with Crippen LogP contribution >= 0.6 is 11.6 Å². The lowest BCUT2D eigenvalue weighted by molar-refractivity contribution is 0.144. The first-order valence-electron chi connectivity index (χ1n) is 6.37. The Morgan fingerprint density at radius 1 is 1.44 bits per heavy atom. The van der Waals surface area contributed by atoms with Gasteiger partial charge in [0.15, 0.2) is 0 Å². The number of methoxy groups -OCH3 is 1. The molecule has 0 spiro atoms. The van der Waals surface area contributed by atoms with Crippen LogP contribution in [0, 0.1) is 11.7 Å². The molecular weight excluding hydrogens is 253 g/mol. The Bertz CT molecular complexity index is 393. The number of benzene rings is 1. The zero-order chi connectivity index (χ0) is 13.0. The van der Waals surface area contributed by atoms with E-state index < -0.39 is 0 Å². The summed E-state index contributed by atoms with van der Waals surface area (Å²) in [4.78, 5) is 0. The molecule has 2 nitrogen and oxygen atoms in total. The third-order valence-corrected chi connectivity index (χ3v) is 3.96. The maximum Gasteiger partial charge on any atom is 0.141 e. The highest BCUT2D eigenvalue weighted by molar-refractivity contribution is 6.30. The minimum absolute atomic E-state index is 0.197. The number of hydrogen-bond donors (Lipinski definition) is 1. The van der Waals surface area contributed by atoms with Gasteiger partial charge in [0.1, 0.15) is 5.82 Å². The van der Waals surface area contributed by atoms with Gasteiger partial charge in [0, 0.05) is 13.0 Å². The molecule has 1 saturated heterocycles. The van der Waals surface area contributed by atoms with Gasteiger partial charge in [-0.05, 0) is 49.5 Å². The summed E-state index contributed by atoms with van der Waals surface area (Å²) >= 11 is 5.87. The van der Waals surface area contributed by atoms with Crippen molar-refractivity contribution in [2.75, 3.05) is 26.8 Å². The Morgan fingerprint density at radius 2 is 2.17 bits per heavy atom. The molecule has 1 fully saturated rings. The third-order valence-electron chi connectivity index (χ3n) is 3.67. The number of halogens is 2. The van der Waals surface area contributed by atoms with Crippen molar-refractivity contribution in [1.29, 1.82) is 0 Å². The van der Waals surface area contributed by atoms with Crippen LogP contribution in [0.3, 0.4) is 0 Å². The van der Waals surface area contributed by atoms with E-state index in [2.05, 4.69) is 5.32 Å². The average Bonchev–Trinajstić information content (AvgIpc) is 2.40. The molecule has 1 aromatic carbocycles. The normalized spacial score (nSPS) is 18.8. The largest absolute Gasteiger partial charge is 0.384 e. The molecule has 0 aromatic heterocycles. The van der Waals surface area contributed by atoms with Gasteiger partial charge in [0.2, 0.25) is 0 Å². The van der Waals surface area contributed by atoms with E-state index >= 15 is 0 Å². The second kappa shape index (κ2) is 6.50. The zero-order valence-corrected chi connectivity index (χ0v) is 11.3. The molecule has 1 unspecified atom stereocenters. The second-order valence-electron chi connectivity index (χ2n) is 4.82. The summed E-state index contributed by atoms with van der Waals surface area (Å²) < 4.78 is 18.5. The van der Waals surface area contributed by atoms with E-state index in [0.717, 1.165) is 31.5 Å². The molecule has 1 heterocycles. The van der Waals surface area contributed by atoms with Gasteiger partial charge >= 0.3 is 0 Å². The summed E-state index contributed by atoms with van der Waals surface area (Å²) in [5, 5.41) is 3.55. The molecule has 0 radical (unpaired) electrons. The lowest BCUT2D eigenvalue weighted by Crippen LogP contribution is -2.32. The van der Waals surface area contributed by atoms with Crippen molar-refractivity contribution in [2.45, 2.75) is 18.8 Å². The highest BCUT2D eigenvalue weighted by atomic mass is 35.5. The number of nitrogens with one attached hydrogen (secondary N) is 1. The topological polar surface area (TPSA) is 21.3 Å². The number of ether oxygens (including phenoxy) is 1. The van der Waals surface area contributed by atoms with Crippen LogP contribution < -0.4 is 5.32 Å². The highest BCUT2D eigenvalue weighted by Gasteiger charge is 2.25. The molecule has 0 bridgehead atoms. The predicted molar refractivity (Wildman–Crippen MR) is 71.6 cm³/mol. The van der Waals surface area contributed by atoms with Crippen LogP contribution in [0.1, 0.15) is 24.3 Å². The molecule has 1 atom stereocenters. The van der Waals surface area contributed by atoms with Crippen molar-refractivity contribution in [3.63, 3.8) is 0 Å². The lowest BCUT2D eigenvalue weighted by atomic mass is 9.81. The molecule has 100 valence electrons. The van der Waals surface area contributed by atoms with Crippen molar-refractivity contribution in [3.05, 3.63) is 34.6 Å². The Morgan fingerprint density at radius 3 is 2.78 bits per heavy atom. The standard InChI is InChI=1S/C14H19ClFNO/c1-18-9-12(10-4-6-17-7-5-10)11-2-3-14(16)13(15)8-11/h2-3,8,10,12,17H,4-7,9H2,1H3. The molecular formula is C14H19ClFNO. The summed E-state index contributed by atoms with van der Waals surface area (Å²) in [6.07, 6.45) is 2.26. The fourth-order valence-electron chi connectivity index (χ4n) is 2.67. The first-order valence-corrected chi connectivity index (χ1v) is 6.74. The number of piperidine rings is 1. The first-order chi connectivity index (χ1) is 8.72. The van der Waals surface area contributed by atoms with Crippen molar-refractivity contribution < 1.29 is 9.13 Å². The monoisotopic (exact) mass is 271 g/mol. The van der Waals surface area contributed by atoms with Crippen LogP contribution in [-0.4, -0.2) is 26.8 Å². The van der Waals surface area contributed by atoms with E-state index in [0.29, 0.717) is 18.4 Å². The Balaban J connectivity index is 2.19. The fraction of sp³-hybridized carbons (Fsp3) is 0.571. The van der Waals surface area contributed by atoms with E-state index in [-0.39, 0.29) is 10.8 Å². The van der Waals surface area contributed by atoms with Gasteiger partial charge in [0.25, 0.3) is 0 Å². The van der Waals surface area contributed by atoms with Crippen LogP contribution in [0.2, 0.25) is 5.02 Å². The smallest absolute Gasteiger partial charge is 0.141 e. The summed E-state index contributed by atoms with van der Waals surface area (Å²) in [5.41, 5.74) is 1.08. The summed E-state index contributed by atoms with van der Waals surface area (Å²) in [6.45, 7) is 2.74. The summed E-state index contributed by atoms with van der Waals surface area (Å²) in [7, 11) is 1.71. The number of hydrogen-bond acceptors (Lipinski definition) is 2. The Kier molecular flexibility index (Phi) is 4.98. The van der Waals surface area contributed by atoms with Crippen molar-refractivity contribution in [3.8, 4) is 0 Å². The number of rotatable bonds is 4. The maximum absolute atomic E-state index is 13.2. The van der Waals surface area contributed by atoms with Crippen molar-refractivity contribution in [2.24, 2.45) is 5.92 Å². The van der Waals surface area contributed by atoms with Crippen LogP contribution in [0.5, 0.6) is 0 Å². The van der Waals surface area contributed by atoms with E-state index in [9.17, 15) is 4.39 Å². The minimum atomic E-state index is -0.359. The molecule has 1 aromatic rings. The maximum atomic E-state index is 13.2. The minimum Gasteiger partial charge on any atom is -0.384 e. The van der Waals surface area contributed by atoms with E-state index in [1.54, 1.807) is 13.2 Å². The van der Waals surface area contributed by atoms with Gasteiger partial charge in [-0.2, -0.15) is 0 Å². The molecule has 0 saturated carbocycles. The Labute approximate surface area is 112 Å². The quantitative estimate of drug-likeness (QED) is 0.908. The van der Waals surface area contributed by atoms with Crippen molar-refractivity contribution >= 4 is 11.6 Å². The second-order valence-corrected chi connectivity index (χ2v) is 5.23. The SMILES string of the molecule is COCC(c1ccc(F)c(Cl)c1)C1CCNCC1. The van der Waals surface area contributed by atoms with E-state index in [1.165, 1.54) is 6.07 Å². The van der Waals surface area contributed by atoms with Gasteiger partial charge in [-0.25, -0.2) is 4.39 Å². The van der Waals surface area contributed by atoms with Crippen LogP contribution in [-0.2, 0) is 4.74 Å². The zero-order valence-electron chi connectivity index (χ0n) is 10.6. The molecule has 1 aliphatic heterocycles. The average molecular weight is 272 g/mol.